The van der Waals surface area contributed by atoms with Crippen LogP contribution in [0.15, 0.2) is 16.5 Å². The largest absolute Gasteiger partial charge is 0.475 e. The summed E-state index contributed by atoms with van der Waals surface area (Å²) < 4.78 is 5.01. The Morgan fingerprint density at radius 1 is 1.40 bits per heavy atom. The van der Waals surface area contributed by atoms with Crippen LogP contribution in [-0.4, -0.2) is 22.1 Å². The molecule has 0 radical (unpaired) electrons. The molecule has 0 bridgehead atoms. The van der Waals surface area contributed by atoms with Crippen LogP contribution in [-0.2, 0) is 6.54 Å². The average molecular weight is 295 g/mol. The fourth-order valence-electron chi connectivity index (χ4n) is 1.42. The Hall–Kier alpha value is -2.35. The van der Waals surface area contributed by atoms with E-state index in [1.165, 1.54) is 23.5 Å². The number of aromatic nitrogens is 1. The highest BCUT2D eigenvalue weighted by atomic mass is 32.1. The Balaban J connectivity index is 1.87. The lowest BCUT2D eigenvalue weighted by Gasteiger charge is -2.03. The first kappa shape index (κ1) is 14.1. The summed E-state index contributed by atoms with van der Waals surface area (Å²) in [6.45, 7) is 3.89. The lowest BCUT2D eigenvalue weighted by Crippen LogP contribution is -2.27. The molecule has 20 heavy (non-hydrogen) atoms. The predicted molar refractivity (Wildman–Crippen MR) is 73.1 cm³/mol. The third kappa shape index (κ3) is 3.35. The lowest BCUT2D eigenvalue weighted by atomic mass is 10.4. The summed E-state index contributed by atoms with van der Waals surface area (Å²) in [5, 5.41) is 14.4. The van der Waals surface area contributed by atoms with Crippen LogP contribution in [0.3, 0.4) is 0 Å². The number of aromatic carboxylic acids is 1. The minimum Gasteiger partial charge on any atom is -0.475 e. The van der Waals surface area contributed by atoms with E-state index >= 15 is 0 Å². The molecule has 0 saturated carbocycles. The van der Waals surface area contributed by atoms with Crippen LogP contribution < -0.4 is 10.6 Å². The van der Waals surface area contributed by atoms with Gasteiger partial charge in [0.1, 0.15) is 5.76 Å². The first-order valence-electron chi connectivity index (χ1n) is 5.76. The Morgan fingerprint density at radius 3 is 2.70 bits per heavy atom. The number of furan rings is 1. The number of hydrogen-bond acceptors (Lipinski definition) is 5. The number of carboxylic acid groups (broad SMARTS) is 1. The predicted octanol–water partition coefficient (Wildman–Crippen LogP) is 2.37. The molecule has 2 aromatic heterocycles. The second-order valence-electron chi connectivity index (χ2n) is 4.04. The molecular formula is C12H13N3O4S. The molecule has 3 N–H and O–H groups in total. The van der Waals surface area contributed by atoms with E-state index in [2.05, 4.69) is 15.6 Å². The normalized spacial score (nSPS) is 10.3. The first-order valence-corrected chi connectivity index (χ1v) is 6.58. The minimum absolute atomic E-state index is 0.0997. The summed E-state index contributed by atoms with van der Waals surface area (Å²) in [6.07, 6.45) is 0. The number of urea groups is 1. The maximum absolute atomic E-state index is 11.6. The molecule has 2 heterocycles. The van der Waals surface area contributed by atoms with Gasteiger partial charge in [-0.15, -0.1) is 11.3 Å². The molecule has 2 amide bonds. The van der Waals surface area contributed by atoms with E-state index in [0.29, 0.717) is 10.9 Å². The number of aryl methyl sites for hydroxylation is 2. The number of hydrogen-bond donors (Lipinski definition) is 3. The molecule has 2 aromatic rings. The fraction of sp³-hybridized carbons (Fsp3) is 0.250. The van der Waals surface area contributed by atoms with E-state index in [4.69, 9.17) is 9.52 Å². The molecule has 2 rings (SSSR count). The number of nitrogens with zero attached hydrogens (tertiary/aromatic N) is 1. The molecular weight excluding hydrogens is 282 g/mol. The second-order valence-corrected chi connectivity index (χ2v) is 5.24. The quantitative estimate of drug-likeness (QED) is 0.803. The van der Waals surface area contributed by atoms with Crippen molar-refractivity contribution < 1.29 is 19.1 Å². The number of carboxylic acids is 1. The van der Waals surface area contributed by atoms with Crippen molar-refractivity contribution in [3.8, 4) is 0 Å². The number of amides is 2. The Kier molecular flexibility index (Phi) is 4.04. The Labute approximate surface area is 118 Å². The highest BCUT2D eigenvalue weighted by Crippen LogP contribution is 2.20. The van der Waals surface area contributed by atoms with Crippen molar-refractivity contribution in [3.63, 3.8) is 0 Å². The number of carbonyl (C=O) groups is 2. The van der Waals surface area contributed by atoms with Gasteiger partial charge in [0.25, 0.3) is 0 Å². The first-order chi connectivity index (χ1) is 9.45. The number of carbonyl (C=O) groups excluding carboxylic acids is 1. The summed E-state index contributed by atoms with van der Waals surface area (Å²) in [6, 6.07) is 2.42. The third-order valence-electron chi connectivity index (χ3n) is 2.54. The van der Waals surface area contributed by atoms with Crippen LogP contribution in [0.1, 0.15) is 26.9 Å². The van der Waals surface area contributed by atoms with Crippen molar-refractivity contribution in [3.05, 3.63) is 34.2 Å². The highest BCUT2D eigenvalue weighted by molar-refractivity contribution is 7.15. The van der Waals surface area contributed by atoms with Crippen LogP contribution in [0, 0.1) is 13.8 Å². The lowest BCUT2D eigenvalue weighted by molar-refractivity contribution is 0.0660. The summed E-state index contributed by atoms with van der Waals surface area (Å²) in [7, 11) is 0. The summed E-state index contributed by atoms with van der Waals surface area (Å²) in [5.74, 6) is -0.938. The van der Waals surface area contributed by atoms with Crippen molar-refractivity contribution in [2.75, 3.05) is 5.32 Å². The van der Waals surface area contributed by atoms with Gasteiger partial charge in [0.05, 0.1) is 12.2 Å². The van der Waals surface area contributed by atoms with Crippen molar-refractivity contribution in [1.82, 2.24) is 10.3 Å². The molecule has 0 fully saturated rings. The zero-order chi connectivity index (χ0) is 14.7. The van der Waals surface area contributed by atoms with Gasteiger partial charge in [-0.3, -0.25) is 5.32 Å². The van der Waals surface area contributed by atoms with Gasteiger partial charge >= 0.3 is 12.0 Å². The summed E-state index contributed by atoms with van der Waals surface area (Å²) >= 11 is 1.39. The number of rotatable bonds is 4. The maximum Gasteiger partial charge on any atom is 0.371 e. The summed E-state index contributed by atoms with van der Waals surface area (Å²) in [4.78, 5) is 27.5. The smallest absolute Gasteiger partial charge is 0.371 e. The zero-order valence-electron chi connectivity index (χ0n) is 10.9. The van der Waals surface area contributed by atoms with Crippen molar-refractivity contribution >= 4 is 28.5 Å². The van der Waals surface area contributed by atoms with Gasteiger partial charge in [-0.05, 0) is 26.0 Å². The molecule has 8 heteroatoms. The summed E-state index contributed by atoms with van der Waals surface area (Å²) in [5.41, 5.74) is 0.877. The van der Waals surface area contributed by atoms with Crippen LogP contribution >= 0.6 is 11.3 Å². The van der Waals surface area contributed by atoms with E-state index in [9.17, 15) is 9.59 Å². The van der Waals surface area contributed by atoms with E-state index < -0.39 is 12.0 Å². The number of thiazole rings is 1. The third-order valence-corrected chi connectivity index (χ3v) is 3.53. The van der Waals surface area contributed by atoms with Gasteiger partial charge in [-0.1, -0.05) is 0 Å². The molecule has 7 nitrogen and oxygen atoms in total. The van der Waals surface area contributed by atoms with Crippen LogP contribution in [0.4, 0.5) is 9.93 Å². The highest BCUT2D eigenvalue weighted by Gasteiger charge is 2.11. The standard InChI is InChI=1S/C12H13N3O4S/c1-6-7(2)20-12(14-6)15-11(18)13-5-8-3-4-9(19-8)10(16)17/h3-4H,5H2,1-2H3,(H,16,17)(H2,13,14,15,18). The molecule has 0 spiro atoms. The van der Waals surface area contributed by atoms with Gasteiger partial charge in [0.15, 0.2) is 5.13 Å². The molecule has 0 aromatic carbocycles. The fourth-order valence-corrected chi connectivity index (χ4v) is 2.23. The molecule has 0 aliphatic rings. The van der Waals surface area contributed by atoms with Gasteiger partial charge in [-0.25, -0.2) is 14.6 Å². The molecule has 0 saturated heterocycles. The van der Waals surface area contributed by atoms with Gasteiger partial charge in [0, 0.05) is 4.88 Å². The van der Waals surface area contributed by atoms with Gasteiger partial charge in [0.2, 0.25) is 5.76 Å². The van der Waals surface area contributed by atoms with E-state index in [0.717, 1.165) is 10.6 Å². The zero-order valence-corrected chi connectivity index (χ0v) is 11.7. The van der Waals surface area contributed by atoms with Crippen molar-refractivity contribution in [1.29, 1.82) is 0 Å². The Morgan fingerprint density at radius 2 is 2.15 bits per heavy atom. The van der Waals surface area contributed by atoms with E-state index in [1.54, 1.807) is 0 Å². The molecule has 0 aliphatic carbocycles. The molecule has 106 valence electrons. The minimum atomic E-state index is -1.14. The second kappa shape index (κ2) is 5.74. The van der Waals surface area contributed by atoms with E-state index in [-0.39, 0.29) is 12.3 Å². The Bertz CT molecular complexity index is 627. The van der Waals surface area contributed by atoms with Gasteiger partial charge in [-0.2, -0.15) is 0 Å². The van der Waals surface area contributed by atoms with Crippen molar-refractivity contribution in [2.45, 2.75) is 20.4 Å². The van der Waals surface area contributed by atoms with Crippen LogP contribution in [0.5, 0.6) is 0 Å². The maximum atomic E-state index is 11.6. The molecule has 0 atom stereocenters. The SMILES string of the molecule is Cc1nc(NC(=O)NCc2ccc(C(=O)O)o2)sc1C. The van der Waals surface area contributed by atoms with Crippen LogP contribution in [0.25, 0.3) is 0 Å². The van der Waals surface area contributed by atoms with Crippen LogP contribution in [0.2, 0.25) is 0 Å². The monoisotopic (exact) mass is 295 g/mol. The van der Waals surface area contributed by atoms with Gasteiger partial charge < -0.3 is 14.8 Å². The van der Waals surface area contributed by atoms with Crippen molar-refractivity contribution in [2.24, 2.45) is 0 Å². The number of nitrogens with one attached hydrogen (secondary N) is 2. The number of anilines is 1. The molecule has 0 unspecified atom stereocenters. The average Bonchev–Trinajstić information content (AvgIpc) is 2.95. The topological polar surface area (TPSA) is 104 Å². The van der Waals surface area contributed by atoms with E-state index in [1.807, 2.05) is 13.8 Å². The molecule has 0 aliphatic heterocycles.